The SMILES string of the molecule is CCCn1c(-c2c(N)sc(C)c2C)nc2ccccc21. The number of para-hydroxylation sites is 2. The normalized spacial score (nSPS) is 11.3. The van der Waals surface area contributed by atoms with Gasteiger partial charge in [0.2, 0.25) is 0 Å². The van der Waals surface area contributed by atoms with Gasteiger partial charge in [-0.2, -0.15) is 0 Å². The Morgan fingerprint density at radius 1 is 1.25 bits per heavy atom. The van der Waals surface area contributed by atoms with Gasteiger partial charge >= 0.3 is 0 Å². The second kappa shape index (κ2) is 4.94. The van der Waals surface area contributed by atoms with E-state index in [9.17, 15) is 0 Å². The smallest absolute Gasteiger partial charge is 0.144 e. The predicted octanol–water partition coefficient (Wildman–Crippen LogP) is 4.37. The molecule has 0 aliphatic rings. The Morgan fingerprint density at radius 2 is 2.00 bits per heavy atom. The summed E-state index contributed by atoms with van der Waals surface area (Å²) in [7, 11) is 0. The Bertz CT molecular complexity index is 767. The third-order valence-electron chi connectivity index (χ3n) is 3.74. The van der Waals surface area contributed by atoms with Crippen LogP contribution in [-0.4, -0.2) is 9.55 Å². The molecule has 0 spiro atoms. The van der Waals surface area contributed by atoms with Gasteiger partial charge in [0.15, 0.2) is 0 Å². The van der Waals surface area contributed by atoms with Crippen molar-refractivity contribution < 1.29 is 0 Å². The van der Waals surface area contributed by atoms with Crippen LogP contribution in [0.4, 0.5) is 5.00 Å². The largest absolute Gasteiger partial charge is 0.390 e. The molecule has 0 radical (unpaired) electrons. The molecule has 0 aliphatic heterocycles. The molecule has 3 aromatic rings. The van der Waals surface area contributed by atoms with Crippen LogP contribution in [0.2, 0.25) is 0 Å². The van der Waals surface area contributed by atoms with E-state index >= 15 is 0 Å². The van der Waals surface area contributed by atoms with E-state index in [1.165, 1.54) is 16.0 Å². The third kappa shape index (κ3) is 1.91. The zero-order chi connectivity index (χ0) is 14.3. The number of aromatic nitrogens is 2. The number of nitrogens with zero attached hydrogens (tertiary/aromatic N) is 2. The molecule has 0 aliphatic carbocycles. The molecule has 20 heavy (non-hydrogen) atoms. The molecule has 3 rings (SSSR count). The topological polar surface area (TPSA) is 43.8 Å². The van der Waals surface area contributed by atoms with Crippen LogP contribution in [0, 0.1) is 13.8 Å². The van der Waals surface area contributed by atoms with E-state index in [2.05, 4.69) is 43.5 Å². The van der Waals surface area contributed by atoms with Crippen molar-refractivity contribution >= 4 is 27.4 Å². The van der Waals surface area contributed by atoms with Crippen molar-refractivity contribution in [3.8, 4) is 11.4 Å². The number of nitrogens with two attached hydrogens (primary N) is 1. The van der Waals surface area contributed by atoms with E-state index in [1.54, 1.807) is 11.3 Å². The number of imidazole rings is 1. The summed E-state index contributed by atoms with van der Waals surface area (Å²) in [5.41, 5.74) is 10.8. The minimum atomic E-state index is 0.868. The maximum absolute atomic E-state index is 6.23. The van der Waals surface area contributed by atoms with Gasteiger partial charge in [0, 0.05) is 11.4 Å². The molecule has 0 fully saturated rings. The maximum Gasteiger partial charge on any atom is 0.144 e. The summed E-state index contributed by atoms with van der Waals surface area (Å²) in [4.78, 5) is 6.10. The molecule has 2 N–H and O–H groups in total. The summed E-state index contributed by atoms with van der Waals surface area (Å²) in [5.74, 6) is 1.01. The van der Waals surface area contributed by atoms with Gasteiger partial charge in [0.1, 0.15) is 5.82 Å². The second-order valence-electron chi connectivity index (χ2n) is 5.10. The molecule has 104 valence electrons. The summed E-state index contributed by atoms with van der Waals surface area (Å²) >= 11 is 1.65. The summed E-state index contributed by atoms with van der Waals surface area (Å²) in [6, 6.07) is 8.29. The van der Waals surface area contributed by atoms with Gasteiger partial charge in [0.05, 0.1) is 21.6 Å². The van der Waals surface area contributed by atoms with E-state index in [0.717, 1.165) is 34.9 Å². The van der Waals surface area contributed by atoms with Crippen LogP contribution in [0.1, 0.15) is 23.8 Å². The van der Waals surface area contributed by atoms with Gasteiger partial charge < -0.3 is 10.3 Å². The molecule has 4 heteroatoms. The molecular formula is C16H19N3S. The Morgan fingerprint density at radius 3 is 2.65 bits per heavy atom. The first-order valence-electron chi connectivity index (χ1n) is 6.94. The Hall–Kier alpha value is -1.81. The summed E-state index contributed by atoms with van der Waals surface area (Å²) in [6.07, 6.45) is 1.08. The Labute approximate surface area is 123 Å². The highest BCUT2D eigenvalue weighted by Crippen LogP contribution is 2.38. The Kier molecular flexibility index (Phi) is 3.26. The van der Waals surface area contributed by atoms with Gasteiger partial charge in [-0.3, -0.25) is 0 Å². The standard InChI is InChI=1S/C16H19N3S/c1-4-9-19-13-8-6-5-7-12(13)18-16(19)14-10(2)11(3)20-15(14)17/h5-8H,4,9,17H2,1-3H3. The van der Waals surface area contributed by atoms with Crippen molar-refractivity contribution in [2.45, 2.75) is 33.7 Å². The number of benzene rings is 1. The first kappa shape index (κ1) is 13.2. The van der Waals surface area contributed by atoms with Gasteiger partial charge in [-0.1, -0.05) is 19.1 Å². The number of hydrogen-bond acceptors (Lipinski definition) is 3. The Balaban J connectivity index is 2.32. The van der Waals surface area contributed by atoms with E-state index in [-0.39, 0.29) is 0 Å². The van der Waals surface area contributed by atoms with Crippen LogP contribution in [-0.2, 0) is 6.54 Å². The molecule has 2 heterocycles. The van der Waals surface area contributed by atoms with Crippen molar-refractivity contribution in [3.63, 3.8) is 0 Å². The quantitative estimate of drug-likeness (QED) is 0.776. The maximum atomic E-state index is 6.23. The summed E-state index contributed by atoms with van der Waals surface area (Å²) in [6.45, 7) is 7.40. The fraction of sp³-hybridized carbons (Fsp3) is 0.312. The van der Waals surface area contributed by atoms with Crippen LogP contribution in [0.5, 0.6) is 0 Å². The fourth-order valence-corrected chi connectivity index (χ4v) is 3.58. The highest BCUT2D eigenvalue weighted by atomic mass is 32.1. The van der Waals surface area contributed by atoms with Gasteiger partial charge in [-0.15, -0.1) is 11.3 Å². The molecule has 0 atom stereocenters. The lowest BCUT2D eigenvalue weighted by molar-refractivity contribution is 0.704. The molecule has 0 saturated carbocycles. The van der Waals surface area contributed by atoms with Crippen LogP contribution in [0.25, 0.3) is 22.4 Å². The van der Waals surface area contributed by atoms with Crippen LogP contribution in [0.15, 0.2) is 24.3 Å². The van der Waals surface area contributed by atoms with Crippen molar-refractivity contribution in [3.05, 3.63) is 34.7 Å². The highest BCUT2D eigenvalue weighted by Gasteiger charge is 2.19. The second-order valence-corrected chi connectivity index (χ2v) is 6.35. The minimum absolute atomic E-state index is 0.868. The number of thiophene rings is 1. The average Bonchev–Trinajstić information content (AvgIpc) is 2.89. The lowest BCUT2D eigenvalue weighted by Crippen LogP contribution is -2.01. The van der Waals surface area contributed by atoms with E-state index in [4.69, 9.17) is 10.7 Å². The van der Waals surface area contributed by atoms with E-state index in [1.807, 2.05) is 6.07 Å². The van der Waals surface area contributed by atoms with E-state index < -0.39 is 0 Å². The average molecular weight is 285 g/mol. The fourth-order valence-electron chi connectivity index (χ4n) is 2.65. The van der Waals surface area contributed by atoms with Crippen molar-refractivity contribution in [2.24, 2.45) is 0 Å². The number of nitrogen functional groups attached to an aromatic ring is 1. The van der Waals surface area contributed by atoms with Crippen molar-refractivity contribution in [2.75, 3.05) is 5.73 Å². The van der Waals surface area contributed by atoms with Gasteiger partial charge in [0.25, 0.3) is 0 Å². The molecular weight excluding hydrogens is 266 g/mol. The first-order chi connectivity index (χ1) is 9.63. The first-order valence-corrected chi connectivity index (χ1v) is 7.76. The molecule has 0 amide bonds. The summed E-state index contributed by atoms with van der Waals surface area (Å²) in [5, 5.41) is 0.868. The monoisotopic (exact) mass is 285 g/mol. The lowest BCUT2D eigenvalue weighted by atomic mass is 10.1. The zero-order valence-corrected chi connectivity index (χ0v) is 12.9. The minimum Gasteiger partial charge on any atom is -0.390 e. The van der Waals surface area contributed by atoms with E-state index in [0.29, 0.717) is 0 Å². The summed E-state index contributed by atoms with van der Waals surface area (Å²) < 4.78 is 2.29. The molecule has 2 aromatic heterocycles. The van der Waals surface area contributed by atoms with Crippen molar-refractivity contribution in [1.29, 1.82) is 0 Å². The van der Waals surface area contributed by atoms with Crippen molar-refractivity contribution in [1.82, 2.24) is 9.55 Å². The highest BCUT2D eigenvalue weighted by molar-refractivity contribution is 7.16. The predicted molar refractivity (Wildman–Crippen MR) is 87.2 cm³/mol. The number of rotatable bonds is 3. The van der Waals surface area contributed by atoms with Crippen LogP contribution >= 0.6 is 11.3 Å². The van der Waals surface area contributed by atoms with Crippen LogP contribution < -0.4 is 5.73 Å². The zero-order valence-electron chi connectivity index (χ0n) is 12.1. The number of fused-ring (bicyclic) bond motifs is 1. The van der Waals surface area contributed by atoms with Crippen LogP contribution in [0.3, 0.4) is 0 Å². The lowest BCUT2D eigenvalue weighted by Gasteiger charge is -2.08. The molecule has 0 unspecified atom stereocenters. The third-order valence-corrected chi connectivity index (χ3v) is 4.77. The molecule has 0 saturated heterocycles. The number of aryl methyl sites for hydroxylation is 2. The number of hydrogen-bond donors (Lipinski definition) is 1. The molecule has 0 bridgehead atoms. The number of anilines is 1. The van der Waals surface area contributed by atoms with Gasteiger partial charge in [-0.25, -0.2) is 4.98 Å². The molecule has 3 nitrogen and oxygen atoms in total. The van der Waals surface area contributed by atoms with Gasteiger partial charge in [-0.05, 0) is 38.0 Å². The molecule has 1 aromatic carbocycles.